The van der Waals surface area contributed by atoms with Crippen molar-refractivity contribution in [3.05, 3.63) is 0 Å². The van der Waals surface area contributed by atoms with Crippen LogP contribution in [0.4, 0.5) is 0 Å². The van der Waals surface area contributed by atoms with Crippen molar-refractivity contribution in [1.82, 2.24) is 15.1 Å². The largest absolute Gasteiger partial charge is 0.313 e. The van der Waals surface area contributed by atoms with Crippen molar-refractivity contribution in [3.63, 3.8) is 0 Å². The second-order valence-electron chi connectivity index (χ2n) is 5.45. The molecule has 1 heterocycles. The number of hydrogen-bond acceptors (Lipinski definition) is 3. The molecule has 0 aliphatic carbocycles. The van der Waals surface area contributed by atoms with E-state index in [0.717, 1.165) is 12.6 Å². The first-order valence-corrected chi connectivity index (χ1v) is 6.72. The molecule has 0 aromatic carbocycles. The second kappa shape index (κ2) is 6.58. The van der Waals surface area contributed by atoms with Crippen molar-refractivity contribution in [3.8, 4) is 0 Å². The van der Waals surface area contributed by atoms with Crippen LogP contribution in [0.25, 0.3) is 0 Å². The topological polar surface area (TPSA) is 18.5 Å². The molecule has 0 radical (unpaired) electrons. The summed E-state index contributed by atoms with van der Waals surface area (Å²) in [6, 6.07) is 2.00. The van der Waals surface area contributed by atoms with Crippen LogP contribution in [-0.4, -0.2) is 61.2 Å². The normalized spacial score (nSPS) is 26.2. The lowest BCUT2D eigenvalue weighted by Crippen LogP contribution is -2.55. The van der Waals surface area contributed by atoms with E-state index in [-0.39, 0.29) is 0 Å². The maximum atomic E-state index is 3.53. The number of piperazine rings is 1. The summed E-state index contributed by atoms with van der Waals surface area (Å²) in [5.41, 5.74) is 0. The number of rotatable bonds is 5. The van der Waals surface area contributed by atoms with E-state index in [4.69, 9.17) is 0 Å². The van der Waals surface area contributed by atoms with Crippen LogP contribution < -0.4 is 5.32 Å². The van der Waals surface area contributed by atoms with Gasteiger partial charge in [0.25, 0.3) is 0 Å². The second-order valence-corrected chi connectivity index (χ2v) is 5.45. The Labute approximate surface area is 101 Å². The summed E-state index contributed by atoms with van der Waals surface area (Å²) >= 11 is 0. The average Bonchev–Trinajstić information content (AvgIpc) is 2.26. The number of hydrogen-bond donors (Lipinski definition) is 1. The molecular formula is C13H29N3. The van der Waals surface area contributed by atoms with E-state index in [0.29, 0.717) is 12.1 Å². The summed E-state index contributed by atoms with van der Waals surface area (Å²) in [5, 5.41) is 3.53. The van der Waals surface area contributed by atoms with Crippen LogP contribution in [0.2, 0.25) is 0 Å². The quantitative estimate of drug-likeness (QED) is 0.766. The third-order valence-electron chi connectivity index (χ3n) is 3.72. The van der Waals surface area contributed by atoms with Gasteiger partial charge in [-0.2, -0.15) is 0 Å². The molecule has 3 heteroatoms. The Kier molecular flexibility index (Phi) is 5.73. The molecule has 1 rings (SSSR count). The van der Waals surface area contributed by atoms with Crippen LogP contribution in [0.5, 0.6) is 0 Å². The Morgan fingerprint density at radius 2 is 1.94 bits per heavy atom. The minimum Gasteiger partial charge on any atom is -0.313 e. The van der Waals surface area contributed by atoms with E-state index >= 15 is 0 Å². The SMILES string of the molecule is CCC1CN(C(C)CNC(C)C)CCN1C. The molecular weight excluding hydrogens is 198 g/mol. The van der Waals surface area contributed by atoms with Gasteiger partial charge >= 0.3 is 0 Å². The maximum Gasteiger partial charge on any atom is 0.0218 e. The predicted molar refractivity (Wildman–Crippen MR) is 70.9 cm³/mol. The van der Waals surface area contributed by atoms with Crippen LogP contribution >= 0.6 is 0 Å². The minimum atomic E-state index is 0.594. The highest BCUT2D eigenvalue weighted by molar-refractivity contribution is 4.82. The fourth-order valence-electron chi connectivity index (χ4n) is 2.35. The zero-order valence-electron chi connectivity index (χ0n) is 11.7. The Morgan fingerprint density at radius 3 is 2.50 bits per heavy atom. The smallest absolute Gasteiger partial charge is 0.0218 e. The van der Waals surface area contributed by atoms with E-state index in [1.54, 1.807) is 0 Å². The summed E-state index contributed by atoms with van der Waals surface area (Å²) < 4.78 is 0. The Bertz CT molecular complexity index is 194. The average molecular weight is 227 g/mol. The van der Waals surface area contributed by atoms with Crippen LogP contribution in [0.15, 0.2) is 0 Å². The van der Waals surface area contributed by atoms with Gasteiger partial charge in [-0.05, 0) is 20.4 Å². The van der Waals surface area contributed by atoms with E-state index in [9.17, 15) is 0 Å². The molecule has 1 fully saturated rings. The van der Waals surface area contributed by atoms with E-state index in [1.165, 1.54) is 26.1 Å². The van der Waals surface area contributed by atoms with Gasteiger partial charge < -0.3 is 10.2 Å². The van der Waals surface area contributed by atoms with Gasteiger partial charge in [0.15, 0.2) is 0 Å². The van der Waals surface area contributed by atoms with Gasteiger partial charge in [-0.15, -0.1) is 0 Å². The molecule has 1 saturated heterocycles. The maximum absolute atomic E-state index is 3.53. The highest BCUT2D eigenvalue weighted by atomic mass is 15.3. The molecule has 0 bridgehead atoms. The molecule has 0 aromatic heterocycles. The van der Waals surface area contributed by atoms with Crippen LogP contribution in [0.3, 0.4) is 0 Å². The first-order valence-electron chi connectivity index (χ1n) is 6.72. The third kappa shape index (κ3) is 4.04. The van der Waals surface area contributed by atoms with E-state index in [2.05, 4.69) is 49.9 Å². The van der Waals surface area contributed by atoms with E-state index in [1.807, 2.05) is 0 Å². The van der Waals surface area contributed by atoms with Crippen molar-refractivity contribution in [2.75, 3.05) is 33.2 Å². The fraction of sp³-hybridized carbons (Fsp3) is 1.00. The first-order chi connectivity index (χ1) is 7.54. The standard InChI is InChI=1S/C13H29N3/c1-6-13-10-16(8-7-15(13)5)12(4)9-14-11(2)3/h11-14H,6-10H2,1-5H3. The summed E-state index contributed by atoms with van der Waals surface area (Å²) in [7, 11) is 2.25. The van der Waals surface area contributed by atoms with Crippen molar-refractivity contribution in [2.45, 2.75) is 52.2 Å². The molecule has 1 N–H and O–H groups in total. The molecule has 1 aliphatic rings. The molecule has 0 saturated carbocycles. The lowest BCUT2D eigenvalue weighted by Gasteiger charge is -2.42. The van der Waals surface area contributed by atoms with Gasteiger partial charge in [0.05, 0.1) is 0 Å². The molecule has 2 unspecified atom stereocenters. The van der Waals surface area contributed by atoms with Crippen LogP contribution in [0, 0.1) is 0 Å². The lowest BCUT2D eigenvalue weighted by atomic mass is 10.1. The van der Waals surface area contributed by atoms with Crippen molar-refractivity contribution in [2.24, 2.45) is 0 Å². The van der Waals surface area contributed by atoms with Gasteiger partial charge in [0, 0.05) is 44.3 Å². The lowest BCUT2D eigenvalue weighted by molar-refractivity contribution is 0.0669. The number of likely N-dealkylation sites (N-methyl/N-ethyl adjacent to an activating group) is 1. The summed E-state index contributed by atoms with van der Waals surface area (Å²) in [6.45, 7) is 13.8. The van der Waals surface area contributed by atoms with Gasteiger partial charge in [0.1, 0.15) is 0 Å². The molecule has 96 valence electrons. The molecule has 16 heavy (non-hydrogen) atoms. The van der Waals surface area contributed by atoms with Crippen molar-refractivity contribution < 1.29 is 0 Å². The molecule has 0 spiro atoms. The molecule has 0 aromatic rings. The minimum absolute atomic E-state index is 0.594. The van der Waals surface area contributed by atoms with Gasteiger partial charge in [-0.25, -0.2) is 0 Å². The highest BCUT2D eigenvalue weighted by Gasteiger charge is 2.25. The molecule has 3 nitrogen and oxygen atoms in total. The number of nitrogens with one attached hydrogen (secondary N) is 1. The zero-order valence-corrected chi connectivity index (χ0v) is 11.7. The summed E-state index contributed by atoms with van der Waals surface area (Å²) in [4.78, 5) is 5.13. The Hall–Kier alpha value is -0.120. The Morgan fingerprint density at radius 1 is 1.25 bits per heavy atom. The summed E-state index contributed by atoms with van der Waals surface area (Å²) in [6.07, 6.45) is 1.26. The fourth-order valence-corrected chi connectivity index (χ4v) is 2.35. The third-order valence-corrected chi connectivity index (χ3v) is 3.72. The van der Waals surface area contributed by atoms with Crippen LogP contribution in [0.1, 0.15) is 34.1 Å². The Balaban J connectivity index is 2.36. The van der Waals surface area contributed by atoms with Crippen LogP contribution in [-0.2, 0) is 0 Å². The van der Waals surface area contributed by atoms with Gasteiger partial charge in [0.2, 0.25) is 0 Å². The van der Waals surface area contributed by atoms with Crippen molar-refractivity contribution in [1.29, 1.82) is 0 Å². The monoisotopic (exact) mass is 227 g/mol. The van der Waals surface area contributed by atoms with Gasteiger partial charge in [-0.3, -0.25) is 4.90 Å². The van der Waals surface area contributed by atoms with E-state index < -0.39 is 0 Å². The summed E-state index contributed by atoms with van der Waals surface area (Å²) in [5.74, 6) is 0. The zero-order chi connectivity index (χ0) is 12.1. The number of nitrogens with zero attached hydrogens (tertiary/aromatic N) is 2. The highest BCUT2D eigenvalue weighted by Crippen LogP contribution is 2.12. The van der Waals surface area contributed by atoms with Crippen molar-refractivity contribution >= 4 is 0 Å². The molecule has 0 amide bonds. The molecule has 2 atom stereocenters. The van der Waals surface area contributed by atoms with Gasteiger partial charge in [-0.1, -0.05) is 20.8 Å². The molecule has 1 aliphatic heterocycles. The predicted octanol–water partition coefficient (Wildman–Crippen LogP) is 1.40. The first kappa shape index (κ1) is 13.9.